The number of benzene rings is 3. The lowest BCUT2D eigenvalue weighted by molar-refractivity contribution is -0.134. The number of aryl methyl sites for hydroxylation is 1. The molecule has 1 atom stereocenters. The maximum absolute atomic E-state index is 15.0. The van der Waals surface area contributed by atoms with Gasteiger partial charge in [-0.05, 0) is 90.8 Å². The number of hydrogen-bond donors (Lipinski definition) is 5. The lowest BCUT2D eigenvalue weighted by atomic mass is 9.89. The zero-order chi connectivity index (χ0) is 45.1. The lowest BCUT2D eigenvalue weighted by Crippen LogP contribution is -2.54. The zero-order valence-electron chi connectivity index (χ0n) is 36.2. The van der Waals surface area contributed by atoms with E-state index in [1.165, 1.54) is 6.07 Å². The quantitative estimate of drug-likeness (QED) is 0.0469. The predicted molar refractivity (Wildman–Crippen MR) is 251 cm³/mol. The third-order valence-corrected chi connectivity index (χ3v) is 14.2. The number of amides is 3. The molecule has 0 radical (unpaired) electrons. The first-order chi connectivity index (χ1) is 30.8. The first kappa shape index (κ1) is 44.9. The standard InChI is InChI=1S/C45H52BrFN11O5P/c1-5-26-20-36(54-45-52-23-32(46)42(56-45)53-35-10-9-34-40(50-16-15-49-34)41(35)64(3,4)62)38(63-2)22-37(26)57-18-12-28(13-19-57)48-14-17-51-43(60)27-24-58(25-27)29-6-7-30(33(47)21-29)31-8-11-39(59)55-44(31)61/h6-7,9-10,15-16,20-23,27-28,31,48H,5,8,11-14,17-19,24-25H2,1-4H3,(H,51,60)(H,55,59,61)(H2,52,53,54,56). The van der Waals surface area contributed by atoms with Gasteiger partial charge < -0.3 is 40.4 Å². The largest absolute Gasteiger partial charge is 0.494 e. The molecular formula is C45H52BrFN11O5P. The molecule has 2 aromatic heterocycles. The lowest BCUT2D eigenvalue weighted by Gasteiger charge is -2.40. The minimum Gasteiger partial charge on any atom is -0.494 e. The summed E-state index contributed by atoms with van der Waals surface area (Å²) in [6.07, 6.45) is 8.02. The first-order valence-electron chi connectivity index (χ1n) is 21.5. The fourth-order valence-electron chi connectivity index (χ4n) is 8.66. The van der Waals surface area contributed by atoms with Crippen LogP contribution in [0.25, 0.3) is 11.0 Å². The summed E-state index contributed by atoms with van der Waals surface area (Å²) in [7, 11) is -1.14. The van der Waals surface area contributed by atoms with Crippen LogP contribution in [0.4, 0.5) is 38.9 Å². The van der Waals surface area contributed by atoms with E-state index >= 15 is 4.39 Å². The molecule has 8 rings (SSSR count). The molecule has 3 aliphatic rings. The fourth-order valence-corrected chi connectivity index (χ4v) is 10.3. The number of imide groups is 1. The van der Waals surface area contributed by atoms with Gasteiger partial charge in [0.1, 0.15) is 30.0 Å². The summed E-state index contributed by atoms with van der Waals surface area (Å²) in [4.78, 5) is 59.2. The van der Waals surface area contributed by atoms with E-state index in [0.717, 1.165) is 49.3 Å². The molecular weight excluding hydrogens is 904 g/mol. The van der Waals surface area contributed by atoms with Crippen molar-refractivity contribution >= 4 is 91.6 Å². The number of halogens is 2. The molecule has 5 N–H and O–H groups in total. The number of aromatic nitrogens is 4. The first-order valence-corrected chi connectivity index (χ1v) is 24.9. The summed E-state index contributed by atoms with van der Waals surface area (Å²) in [6, 6.07) is 12.9. The zero-order valence-corrected chi connectivity index (χ0v) is 38.7. The molecule has 1 unspecified atom stereocenters. The SMILES string of the molecule is CCc1cc(Nc2ncc(Br)c(Nc3ccc4nccnc4c3P(C)(C)=O)n2)c(OC)cc1N1CCC(NCCNC(=O)C2CN(c3ccc(C4CCC(=O)NC4=O)c(F)c3)C2)CC1. The number of hydrogen-bond acceptors (Lipinski definition) is 14. The monoisotopic (exact) mass is 955 g/mol. The number of methoxy groups -OCH3 is 1. The van der Waals surface area contributed by atoms with E-state index < -0.39 is 24.8 Å². The normalized spacial score (nSPS) is 17.2. The minimum atomic E-state index is -2.79. The molecule has 3 aromatic carbocycles. The van der Waals surface area contributed by atoms with Gasteiger partial charge >= 0.3 is 0 Å². The highest BCUT2D eigenvalue weighted by atomic mass is 79.9. The van der Waals surface area contributed by atoms with Crippen LogP contribution in [-0.4, -0.2) is 103 Å². The number of carbonyl (C=O) groups is 3. The Morgan fingerprint density at radius 3 is 2.47 bits per heavy atom. The second-order valence-electron chi connectivity index (χ2n) is 16.7. The van der Waals surface area contributed by atoms with Crippen molar-refractivity contribution in [1.82, 2.24) is 35.9 Å². The molecule has 5 heterocycles. The van der Waals surface area contributed by atoms with Crippen LogP contribution >= 0.6 is 23.1 Å². The van der Waals surface area contributed by atoms with E-state index in [-0.39, 0.29) is 36.1 Å². The van der Waals surface area contributed by atoms with Crippen LogP contribution in [0.3, 0.4) is 0 Å². The number of nitrogens with one attached hydrogen (secondary N) is 5. The van der Waals surface area contributed by atoms with Crippen LogP contribution in [0.5, 0.6) is 5.75 Å². The van der Waals surface area contributed by atoms with E-state index in [0.29, 0.717) is 81.9 Å². The molecule has 0 saturated carbocycles. The Kier molecular flexibility index (Phi) is 13.4. The van der Waals surface area contributed by atoms with Crippen LogP contribution in [0.2, 0.25) is 0 Å². The van der Waals surface area contributed by atoms with E-state index in [1.54, 1.807) is 51.2 Å². The van der Waals surface area contributed by atoms with Crippen molar-refractivity contribution in [2.75, 3.05) is 80.1 Å². The summed E-state index contributed by atoms with van der Waals surface area (Å²) in [5.41, 5.74) is 5.82. The Bertz CT molecular complexity index is 2640. The number of anilines is 6. The van der Waals surface area contributed by atoms with Crippen molar-refractivity contribution in [3.63, 3.8) is 0 Å². The third-order valence-electron chi connectivity index (χ3n) is 12.1. The van der Waals surface area contributed by atoms with Gasteiger partial charge in [-0.25, -0.2) is 9.37 Å². The summed E-state index contributed by atoms with van der Waals surface area (Å²) in [6.45, 7) is 9.40. The highest BCUT2D eigenvalue weighted by molar-refractivity contribution is 9.10. The van der Waals surface area contributed by atoms with Gasteiger partial charge in [0.15, 0.2) is 0 Å². The number of ether oxygens (including phenoxy) is 1. The number of carbonyl (C=O) groups excluding carboxylic acids is 3. The molecule has 3 fully saturated rings. The fraction of sp³-hybridized carbons (Fsp3) is 0.400. The number of fused-ring (bicyclic) bond motifs is 1. The van der Waals surface area contributed by atoms with Gasteiger partial charge in [0.25, 0.3) is 0 Å². The predicted octanol–water partition coefficient (Wildman–Crippen LogP) is 5.96. The molecule has 3 amide bonds. The van der Waals surface area contributed by atoms with Crippen LogP contribution in [-0.2, 0) is 25.4 Å². The maximum Gasteiger partial charge on any atom is 0.234 e. The Morgan fingerprint density at radius 2 is 1.75 bits per heavy atom. The summed E-state index contributed by atoms with van der Waals surface area (Å²) in [5, 5.41) is 16.3. The molecule has 5 aromatic rings. The van der Waals surface area contributed by atoms with Gasteiger partial charge in [0.2, 0.25) is 23.7 Å². The van der Waals surface area contributed by atoms with Crippen LogP contribution in [0, 0.1) is 11.7 Å². The summed E-state index contributed by atoms with van der Waals surface area (Å²) >= 11 is 3.58. The van der Waals surface area contributed by atoms with Crippen molar-refractivity contribution in [3.05, 3.63) is 82.5 Å². The second kappa shape index (κ2) is 19.2. The van der Waals surface area contributed by atoms with Crippen LogP contribution in [0.15, 0.2) is 65.5 Å². The van der Waals surface area contributed by atoms with Crippen molar-refractivity contribution in [1.29, 1.82) is 0 Å². The molecule has 3 aliphatic heterocycles. The van der Waals surface area contributed by atoms with E-state index in [9.17, 15) is 18.9 Å². The third kappa shape index (κ3) is 9.83. The smallest absolute Gasteiger partial charge is 0.234 e. The van der Waals surface area contributed by atoms with Crippen LogP contribution in [0.1, 0.15) is 49.7 Å². The molecule has 0 aliphatic carbocycles. The number of rotatable bonds is 15. The van der Waals surface area contributed by atoms with Gasteiger partial charge in [-0.3, -0.25) is 29.7 Å². The highest BCUT2D eigenvalue weighted by Gasteiger charge is 2.35. The number of nitrogens with zero attached hydrogens (tertiary/aromatic N) is 6. The molecule has 64 heavy (non-hydrogen) atoms. The Morgan fingerprint density at radius 1 is 0.969 bits per heavy atom. The van der Waals surface area contributed by atoms with E-state index in [4.69, 9.17) is 9.72 Å². The topological polar surface area (TPSA) is 196 Å². The molecule has 19 heteroatoms. The Hall–Kier alpha value is -5.71. The number of piperidine rings is 2. The average molecular weight is 957 g/mol. The molecule has 0 bridgehead atoms. The Balaban J connectivity index is 0.816. The van der Waals surface area contributed by atoms with Gasteiger partial charge in [0.05, 0.1) is 45.6 Å². The highest BCUT2D eigenvalue weighted by Crippen LogP contribution is 2.42. The maximum atomic E-state index is 15.0. The van der Waals surface area contributed by atoms with Crippen LogP contribution < -0.4 is 46.4 Å². The molecule has 0 spiro atoms. The van der Waals surface area contributed by atoms with Gasteiger partial charge in [-0.2, -0.15) is 4.98 Å². The Labute approximate surface area is 379 Å². The van der Waals surface area contributed by atoms with E-state index in [1.807, 2.05) is 17.0 Å². The molecule has 336 valence electrons. The average Bonchev–Trinajstić information content (AvgIpc) is 3.25. The molecule has 16 nitrogen and oxygen atoms in total. The minimum absolute atomic E-state index is 0.0207. The summed E-state index contributed by atoms with van der Waals surface area (Å²) in [5.74, 6) is -0.688. The van der Waals surface area contributed by atoms with Gasteiger partial charge in [0, 0.05) is 93.3 Å². The summed E-state index contributed by atoms with van der Waals surface area (Å²) < 4.78 is 35.0. The van der Waals surface area contributed by atoms with Crippen molar-refractivity contribution < 1.29 is 28.1 Å². The second-order valence-corrected chi connectivity index (χ2v) is 20.7. The van der Waals surface area contributed by atoms with Crippen molar-refractivity contribution in [2.45, 2.75) is 51.0 Å². The van der Waals surface area contributed by atoms with Gasteiger partial charge in [-0.15, -0.1) is 0 Å². The van der Waals surface area contributed by atoms with Crippen molar-refractivity contribution in [2.24, 2.45) is 5.92 Å². The van der Waals surface area contributed by atoms with E-state index in [2.05, 4.69) is 81.4 Å². The van der Waals surface area contributed by atoms with Gasteiger partial charge in [-0.1, -0.05) is 13.0 Å². The van der Waals surface area contributed by atoms with Crippen molar-refractivity contribution in [3.8, 4) is 5.75 Å². The molecule has 3 saturated heterocycles.